The van der Waals surface area contributed by atoms with Crippen LogP contribution in [-0.2, 0) is 19.9 Å². The van der Waals surface area contributed by atoms with Crippen molar-refractivity contribution in [2.24, 2.45) is 35.0 Å². The van der Waals surface area contributed by atoms with Crippen LogP contribution in [0, 0.1) is 35.0 Å². The molecular weight excluding hydrogens is 480 g/mol. The smallest absolute Gasteiger partial charge is 0.310 e. The second-order valence-electron chi connectivity index (χ2n) is 12.8. The molecule has 0 aromatic heterocycles. The summed E-state index contributed by atoms with van der Waals surface area (Å²) < 4.78 is 13.4. The van der Waals surface area contributed by atoms with Gasteiger partial charge in [-0.3, -0.25) is 4.79 Å². The number of carbonyl (C=O) groups excluding carboxylic acids is 1. The van der Waals surface area contributed by atoms with Crippen LogP contribution in [0.15, 0.2) is 91.0 Å². The molecular formula is C36H44O3. The molecule has 2 aliphatic carbocycles. The highest BCUT2D eigenvalue weighted by atomic mass is 16.5. The van der Waals surface area contributed by atoms with Crippen LogP contribution in [0.1, 0.15) is 70.6 Å². The highest BCUT2D eigenvalue weighted by Crippen LogP contribution is 2.60. The van der Waals surface area contributed by atoms with Crippen LogP contribution >= 0.6 is 0 Å². The van der Waals surface area contributed by atoms with Crippen molar-refractivity contribution in [2.75, 3.05) is 6.61 Å². The normalized spacial score (nSPS) is 26.3. The Balaban J connectivity index is 1.41. The third kappa shape index (κ3) is 5.43. The van der Waals surface area contributed by atoms with E-state index in [1.165, 1.54) is 6.42 Å². The summed E-state index contributed by atoms with van der Waals surface area (Å²) in [6, 6.07) is 31.3. The second kappa shape index (κ2) is 11.3. The zero-order valence-corrected chi connectivity index (χ0v) is 24.2. The van der Waals surface area contributed by atoms with Gasteiger partial charge in [-0.25, -0.2) is 0 Å². The van der Waals surface area contributed by atoms with Gasteiger partial charge in [0.25, 0.3) is 0 Å². The van der Waals surface area contributed by atoms with Crippen molar-refractivity contribution in [3.8, 4) is 0 Å². The predicted molar refractivity (Wildman–Crippen MR) is 157 cm³/mol. The summed E-state index contributed by atoms with van der Waals surface area (Å²) in [4.78, 5) is 13.6. The van der Waals surface area contributed by atoms with Gasteiger partial charge in [0, 0.05) is 5.92 Å². The lowest BCUT2D eigenvalue weighted by molar-refractivity contribution is -0.159. The first-order valence-electron chi connectivity index (χ1n) is 14.8. The van der Waals surface area contributed by atoms with Crippen LogP contribution in [-0.4, -0.2) is 18.7 Å². The number of hydrogen-bond acceptors (Lipinski definition) is 3. The van der Waals surface area contributed by atoms with Crippen LogP contribution in [0.3, 0.4) is 0 Å². The van der Waals surface area contributed by atoms with E-state index in [2.05, 4.69) is 107 Å². The molecule has 5 rings (SSSR count). The second-order valence-corrected chi connectivity index (χ2v) is 12.8. The van der Waals surface area contributed by atoms with Crippen LogP contribution in [0.5, 0.6) is 0 Å². The van der Waals surface area contributed by atoms with Crippen LogP contribution in [0.2, 0.25) is 0 Å². The molecule has 0 bridgehead atoms. The predicted octanol–water partition coefficient (Wildman–Crippen LogP) is 8.27. The largest absolute Gasteiger partial charge is 0.462 e. The lowest BCUT2D eigenvalue weighted by Crippen LogP contribution is -2.36. The minimum absolute atomic E-state index is 0.0243. The first-order valence-corrected chi connectivity index (χ1v) is 14.8. The fraction of sp³-hybridized carbons (Fsp3) is 0.472. The van der Waals surface area contributed by atoms with Crippen molar-refractivity contribution in [1.29, 1.82) is 0 Å². The van der Waals surface area contributed by atoms with E-state index in [9.17, 15) is 4.79 Å². The first-order chi connectivity index (χ1) is 18.7. The molecule has 0 heterocycles. The van der Waals surface area contributed by atoms with Crippen molar-refractivity contribution in [3.63, 3.8) is 0 Å². The minimum atomic E-state index is -0.779. The molecule has 0 spiro atoms. The highest BCUT2D eigenvalue weighted by Gasteiger charge is 2.63. The van der Waals surface area contributed by atoms with Gasteiger partial charge < -0.3 is 9.47 Å². The monoisotopic (exact) mass is 524 g/mol. The topological polar surface area (TPSA) is 35.5 Å². The molecule has 3 heteroatoms. The van der Waals surface area contributed by atoms with Gasteiger partial charge in [-0.2, -0.15) is 0 Å². The lowest BCUT2D eigenvalue weighted by Gasteiger charge is -2.37. The van der Waals surface area contributed by atoms with E-state index in [-0.39, 0.29) is 29.3 Å². The molecule has 5 atom stereocenters. The molecule has 2 aliphatic rings. The molecule has 2 saturated carbocycles. The summed E-state index contributed by atoms with van der Waals surface area (Å²) in [5.41, 5.74) is 2.29. The first kappa shape index (κ1) is 27.6. The molecule has 0 radical (unpaired) electrons. The molecule has 0 amide bonds. The van der Waals surface area contributed by atoms with E-state index in [0.717, 1.165) is 29.5 Å². The molecule has 2 fully saturated rings. The maximum absolute atomic E-state index is 13.6. The van der Waals surface area contributed by atoms with Gasteiger partial charge in [0.05, 0.1) is 12.5 Å². The van der Waals surface area contributed by atoms with Crippen LogP contribution in [0.25, 0.3) is 0 Å². The Morgan fingerprint density at radius 2 is 1.33 bits per heavy atom. The van der Waals surface area contributed by atoms with E-state index in [1.807, 2.05) is 18.2 Å². The maximum atomic E-state index is 13.6. The molecule has 3 aromatic rings. The number of rotatable bonds is 9. The zero-order chi connectivity index (χ0) is 27.6. The molecule has 0 saturated heterocycles. The Bertz CT molecular complexity index is 1120. The fourth-order valence-electron chi connectivity index (χ4n) is 6.98. The van der Waals surface area contributed by atoms with Gasteiger partial charge in [-0.1, -0.05) is 132 Å². The number of hydrogen-bond donors (Lipinski definition) is 0. The average Bonchev–Trinajstić information content (AvgIpc) is 3.50. The van der Waals surface area contributed by atoms with Gasteiger partial charge in [0.1, 0.15) is 11.7 Å². The average molecular weight is 525 g/mol. The Morgan fingerprint density at radius 1 is 0.846 bits per heavy atom. The van der Waals surface area contributed by atoms with E-state index in [0.29, 0.717) is 24.4 Å². The Morgan fingerprint density at radius 3 is 1.79 bits per heavy atom. The molecule has 3 aromatic carbocycles. The molecule has 206 valence electrons. The van der Waals surface area contributed by atoms with Crippen molar-refractivity contribution >= 4 is 5.97 Å². The third-order valence-corrected chi connectivity index (χ3v) is 9.55. The van der Waals surface area contributed by atoms with Crippen LogP contribution < -0.4 is 0 Å². The zero-order valence-electron chi connectivity index (χ0n) is 24.2. The van der Waals surface area contributed by atoms with Gasteiger partial charge in [0.15, 0.2) is 0 Å². The van der Waals surface area contributed by atoms with Gasteiger partial charge >= 0.3 is 5.97 Å². The fourth-order valence-corrected chi connectivity index (χ4v) is 6.98. The lowest BCUT2D eigenvalue weighted by atomic mass is 9.75. The quantitative estimate of drug-likeness (QED) is 0.209. The molecule has 5 unspecified atom stereocenters. The SMILES string of the molecule is CC1CCC(C(C)C)C(OC(=O)C2C(COC(c3ccccc3)(c3ccccc3)c3ccccc3)C2(C)C)C1. The number of esters is 1. The summed E-state index contributed by atoms with van der Waals surface area (Å²) in [5.74, 6) is 1.48. The Hall–Kier alpha value is -2.91. The van der Waals surface area contributed by atoms with Gasteiger partial charge in [0.2, 0.25) is 0 Å². The van der Waals surface area contributed by atoms with Crippen molar-refractivity contribution in [1.82, 2.24) is 0 Å². The van der Waals surface area contributed by atoms with Crippen molar-refractivity contribution in [2.45, 2.75) is 65.6 Å². The molecule has 3 nitrogen and oxygen atoms in total. The number of ether oxygens (including phenoxy) is 2. The van der Waals surface area contributed by atoms with Gasteiger partial charge in [-0.05, 0) is 52.7 Å². The third-order valence-electron chi connectivity index (χ3n) is 9.55. The highest BCUT2D eigenvalue weighted by molar-refractivity contribution is 5.78. The standard InChI is InChI=1S/C36H44O3/c1-25(2)30-22-21-26(3)23-32(30)39-34(37)33-31(35(33,4)5)24-38-36(27-15-9-6-10-16-27,28-17-11-7-12-18-28)29-19-13-8-14-20-29/h6-20,25-26,30-33H,21-24H2,1-5H3. The summed E-state index contributed by atoms with van der Waals surface area (Å²) in [7, 11) is 0. The summed E-state index contributed by atoms with van der Waals surface area (Å²) >= 11 is 0. The van der Waals surface area contributed by atoms with E-state index in [4.69, 9.17) is 9.47 Å². The molecule has 0 aliphatic heterocycles. The summed E-state index contributed by atoms with van der Waals surface area (Å²) in [6.07, 6.45) is 3.37. The van der Waals surface area contributed by atoms with E-state index in [1.54, 1.807) is 0 Å². The number of benzene rings is 3. The number of carbonyl (C=O) groups is 1. The molecule has 0 N–H and O–H groups in total. The summed E-state index contributed by atoms with van der Waals surface area (Å²) in [5, 5.41) is 0. The minimum Gasteiger partial charge on any atom is -0.462 e. The molecule has 39 heavy (non-hydrogen) atoms. The Labute approximate surface area is 234 Å². The maximum Gasteiger partial charge on any atom is 0.310 e. The Kier molecular flexibility index (Phi) is 8.01. The van der Waals surface area contributed by atoms with E-state index < -0.39 is 5.60 Å². The van der Waals surface area contributed by atoms with Gasteiger partial charge in [-0.15, -0.1) is 0 Å². The van der Waals surface area contributed by atoms with Crippen molar-refractivity contribution in [3.05, 3.63) is 108 Å². The van der Waals surface area contributed by atoms with Crippen LogP contribution in [0.4, 0.5) is 0 Å². The van der Waals surface area contributed by atoms with E-state index >= 15 is 0 Å². The summed E-state index contributed by atoms with van der Waals surface area (Å²) in [6.45, 7) is 11.6. The van der Waals surface area contributed by atoms with Crippen molar-refractivity contribution < 1.29 is 14.3 Å².